The zero-order valence-electron chi connectivity index (χ0n) is 18.3. The third-order valence-corrected chi connectivity index (χ3v) is 7.62. The molecule has 33 heavy (non-hydrogen) atoms. The van der Waals surface area contributed by atoms with Crippen molar-refractivity contribution in [2.24, 2.45) is 0 Å². The first-order valence-corrected chi connectivity index (χ1v) is 12.7. The minimum absolute atomic E-state index is 0.0302. The van der Waals surface area contributed by atoms with Crippen molar-refractivity contribution >= 4 is 33.3 Å². The van der Waals surface area contributed by atoms with Gasteiger partial charge in [0.05, 0.1) is 16.8 Å². The lowest BCUT2D eigenvalue weighted by atomic mass is 10.1. The molecule has 0 amide bonds. The zero-order valence-corrected chi connectivity index (χ0v) is 20.0. The molecule has 0 atom stereocenters. The molecule has 0 bridgehead atoms. The predicted octanol–water partition coefficient (Wildman–Crippen LogP) is 5.55. The van der Waals surface area contributed by atoms with Crippen LogP contribution in [-0.4, -0.2) is 19.3 Å². The minimum atomic E-state index is 0.0302. The second kappa shape index (κ2) is 9.77. The highest BCUT2D eigenvalue weighted by Gasteiger charge is 2.16. The van der Waals surface area contributed by atoms with Crippen molar-refractivity contribution in [3.8, 4) is 0 Å². The number of thiazole rings is 1. The molecule has 0 saturated heterocycles. The van der Waals surface area contributed by atoms with Crippen molar-refractivity contribution in [3.05, 3.63) is 111 Å². The van der Waals surface area contributed by atoms with Gasteiger partial charge in [-0.1, -0.05) is 95.4 Å². The average molecular weight is 473 g/mol. The first-order valence-electron chi connectivity index (χ1n) is 10.9. The number of nitrogens with zero attached hydrogens (tertiary/aromatic N) is 4. The van der Waals surface area contributed by atoms with Gasteiger partial charge in [-0.15, -0.1) is 10.2 Å². The number of fused-ring (bicyclic) bond motifs is 1. The Morgan fingerprint density at radius 3 is 2.42 bits per heavy atom. The van der Waals surface area contributed by atoms with Crippen molar-refractivity contribution in [1.82, 2.24) is 19.3 Å². The molecule has 0 N–H and O–H groups in total. The van der Waals surface area contributed by atoms with Gasteiger partial charge < -0.3 is 4.57 Å². The normalized spacial score (nSPS) is 11.3. The van der Waals surface area contributed by atoms with Crippen molar-refractivity contribution in [1.29, 1.82) is 0 Å². The summed E-state index contributed by atoms with van der Waals surface area (Å²) >= 11 is 2.96. The van der Waals surface area contributed by atoms with Crippen LogP contribution < -0.4 is 4.87 Å². The first-order chi connectivity index (χ1) is 16.2. The van der Waals surface area contributed by atoms with E-state index in [2.05, 4.69) is 70.2 Å². The highest BCUT2D eigenvalue weighted by Crippen LogP contribution is 2.24. The number of benzene rings is 3. The number of hydrogen-bond donors (Lipinski definition) is 0. The summed E-state index contributed by atoms with van der Waals surface area (Å²) in [6, 6.07) is 26.9. The van der Waals surface area contributed by atoms with Gasteiger partial charge in [-0.25, -0.2) is 0 Å². The summed E-state index contributed by atoms with van der Waals surface area (Å²) in [4.78, 5) is 12.7. The molecule has 2 heterocycles. The fourth-order valence-corrected chi connectivity index (χ4v) is 5.62. The molecule has 2 aromatic heterocycles. The summed E-state index contributed by atoms with van der Waals surface area (Å²) in [5.41, 5.74) is 4.72. The second-order valence-corrected chi connectivity index (χ2v) is 9.92. The van der Waals surface area contributed by atoms with E-state index in [0.717, 1.165) is 39.9 Å². The van der Waals surface area contributed by atoms with Gasteiger partial charge in [0.25, 0.3) is 0 Å². The van der Waals surface area contributed by atoms with Crippen LogP contribution in [0.4, 0.5) is 0 Å². The van der Waals surface area contributed by atoms with Crippen molar-refractivity contribution in [2.45, 2.75) is 37.3 Å². The van der Waals surface area contributed by atoms with E-state index >= 15 is 0 Å². The van der Waals surface area contributed by atoms with Crippen LogP contribution in [0.1, 0.15) is 22.5 Å². The average Bonchev–Trinajstić information content (AvgIpc) is 3.38. The Hall–Kier alpha value is -3.16. The maximum Gasteiger partial charge on any atom is 0.308 e. The number of aryl methyl sites for hydroxylation is 2. The van der Waals surface area contributed by atoms with Gasteiger partial charge in [-0.3, -0.25) is 9.36 Å². The fourth-order valence-electron chi connectivity index (χ4n) is 3.79. The molecule has 0 unspecified atom stereocenters. The molecule has 0 aliphatic carbocycles. The molecule has 166 valence electrons. The lowest BCUT2D eigenvalue weighted by Gasteiger charge is -2.11. The van der Waals surface area contributed by atoms with Crippen LogP contribution in [0.2, 0.25) is 0 Å². The SMILES string of the molecule is Cc1ccc(CSc2nnc(Cn3c(=O)sc4ccccc43)n2CCc2ccccc2)cc1. The number of thioether (sulfide) groups is 1. The summed E-state index contributed by atoms with van der Waals surface area (Å²) < 4.78 is 4.97. The Morgan fingerprint density at radius 2 is 1.61 bits per heavy atom. The highest BCUT2D eigenvalue weighted by atomic mass is 32.2. The number of aromatic nitrogens is 4. The Balaban J connectivity index is 1.43. The van der Waals surface area contributed by atoms with Gasteiger partial charge in [-0.2, -0.15) is 0 Å². The van der Waals surface area contributed by atoms with Gasteiger partial charge in [0, 0.05) is 12.3 Å². The molecule has 5 rings (SSSR count). The standard InChI is InChI=1S/C26H24N4OS2/c1-19-11-13-21(14-12-19)18-32-25-28-27-24(29(25)16-15-20-7-3-2-4-8-20)17-30-22-9-5-6-10-23(22)33-26(30)31/h2-14H,15-18H2,1H3. The molecule has 0 fully saturated rings. The largest absolute Gasteiger partial charge is 0.308 e. The highest BCUT2D eigenvalue weighted by molar-refractivity contribution is 7.98. The Labute approximate surface area is 200 Å². The third-order valence-electron chi connectivity index (χ3n) is 5.62. The van der Waals surface area contributed by atoms with Crippen LogP contribution in [0.25, 0.3) is 10.2 Å². The van der Waals surface area contributed by atoms with Crippen LogP contribution in [0.15, 0.2) is 88.8 Å². The summed E-state index contributed by atoms with van der Waals surface area (Å²) in [6.45, 7) is 3.27. The molecular formula is C26H24N4OS2. The van der Waals surface area contributed by atoms with Crippen molar-refractivity contribution in [3.63, 3.8) is 0 Å². The molecule has 0 aliphatic rings. The van der Waals surface area contributed by atoms with E-state index in [1.54, 1.807) is 16.3 Å². The van der Waals surface area contributed by atoms with E-state index < -0.39 is 0 Å². The van der Waals surface area contributed by atoms with Gasteiger partial charge in [-0.05, 0) is 36.6 Å². The summed E-state index contributed by atoms with van der Waals surface area (Å²) in [5.74, 6) is 1.63. The minimum Gasteiger partial charge on any atom is -0.304 e. The molecule has 7 heteroatoms. The van der Waals surface area contributed by atoms with Crippen molar-refractivity contribution < 1.29 is 0 Å². The van der Waals surface area contributed by atoms with Crippen LogP contribution >= 0.6 is 23.1 Å². The Bertz CT molecular complexity index is 1420. The molecule has 5 aromatic rings. The van der Waals surface area contributed by atoms with Crippen LogP contribution in [-0.2, 0) is 25.3 Å². The fraction of sp³-hybridized carbons (Fsp3) is 0.192. The summed E-state index contributed by atoms with van der Waals surface area (Å²) in [7, 11) is 0. The molecule has 0 radical (unpaired) electrons. The lowest BCUT2D eigenvalue weighted by molar-refractivity contribution is 0.586. The van der Waals surface area contributed by atoms with Crippen LogP contribution in [0, 0.1) is 6.92 Å². The predicted molar refractivity (Wildman–Crippen MR) is 136 cm³/mol. The summed E-state index contributed by atoms with van der Waals surface area (Å²) in [6.07, 6.45) is 0.878. The van der Waals surface area contributed by atoms with Crippen LogP contribution in [0.3, 0.4) is 0 Å². The van der Waals surface area contributed by atoms with E-state index in [1.165, 1.54) is 28.0 Å². The number of rotatable bonds is 8. The van der Waals surface area contributed by atoms with E-state index in [-0.39, 0.29) is 4.87 Å². The lowest BCUT2D eigenvalue weighted by Crippen LogP contribution is -2.18. The smallest absolute Gasteiger partial charge is 0.304 e. The van der Waals surface area contributed by atoms with Crippen LogP contribution in [0.5, 0.6) is 0 Å². The van der Waals surface area contributed by atoms with Gasteiger partial charge in [0.1, 0.15) is 0 Å². The monoisotopic (exact) mass is 472 g/mol. The molecule has 0 aliphatic heterocycles. The molecule has 3 aromatic carbocycles. The van der Waals surface area contributed by atoms with E-state index in [9.17, 15) is 4.79 Å². The van der Waals surface area contributed by atoms with Gasteiger partial charge in [0.2, 0.25) is 0 Å². The Kier molecular flexibility index (Phi) is 6.41. The third kappa shape index (κ3) is 4.94. The molecule has 0 spiro atoms. The quantitative estimate of drug-likeness (QED) is 0.278. The number of para-hydroxylation sites is 1. The number of hydrogen-bond acceptors (Lipinski definition) is 5. The topological polar surface area (TPSA) is 52.7 Å². The summed E-state index contributed by atoms with van der Waals surface area (Å²) in [5, 5.41) is 9.91. The second-order valence-electron chi connectivity index (χ2n) is 7.98. The van der Waals surface area contributed by atoms with E-state index in [0.29, 0.717) is 6.54 Å². The van der Waals surface area contributed by atoms with Gasteiger partial charge in [0.15, 0.2) is 11.0 Å². The molecular weight excluding hydrogens is 448 g/mol. The van der Waals surface area contributed by atoms with E-state index in [1.807, 2.05) is 30.3 Å². The Morgan fingerprint density at radius 1 is 0.848 bits per heavy atom. The zero-order chi connectivity index (χ0) is 22.6. The maximum atomic E-state index is 12.7. The van der Waals surface area contributed by atoms with Gasteiger partial charge >= 0.3 is 4.87 Å². The van der Waals surface area contributed by atoms with Crippen molar-refractivity contribution in [2.75, 3.05) is 0 Å². The first kappa shape index (κ1) is 21.7. The molecule has 5 nitrogen and oxygen atoms in total. The molecule has 0 saturated carbocycles. The van der Waals surface area contributed by atoms with E-state index in [4.69, 9.17) is 0 Å². The maximum absolute atomic E-state index is 12.7.